The number of thioether (sulfide) groups is 1. The van der Waals surface area contributed by atoms with Crippen molar-refractivity contribution in [1.82, 2.24) is 10.3 Å². The number of benzene rings is 1. The predicted molar refractivity (Wildman–Crippen MR) is 135 cm³/mol. The molecule has 10 heteroatoms. The van der Waals surface area contributed by atoms with Crippen molar-refractivity contribution in [3.63, 3.8) is 0 Å². The summed E-state index contributed by atoms with van der Waals surface area (Å²) in [5.41, 5.74) is 2.20. The van der Waals surface area contributed by atoms with E-state index in [1.807, 2.05) is 18.8 Å². The highest BCUT2D eigenvalue weighted by Crippen LogP contribution is 2.27. The molecule has 4 rings (SSSR count). The highest BCUT2D eigenvalue weighted by Gasteiger charge is 2.29. The molecule has 2 saturated heterocycles. The van der Waals surface area contributed by atoms with Crippen molar-refractivity contribution in [3.05, 3.63) is 53.3 Å². The molecule has 0 radical (unpaired) electrons. The fourth-order valence-corrected chi connectivity index (χ4v) is 4.71. The van der Waals surface area contributed by atoms with Crippen LogP contribution in [0.15, 0.2) is 36.5 Å². The van der Waals surface area contributed by atoms with Gasteiger partial charge in [-0.3, -0.25) is 15.2 Å². The molecule has 0 amide bonds. The normalized spacial score (nSPS) is 17.1. The molecule has 35 heavy (non-hydrogen) atoms. The summed E-state index contributed by atoms with van der Waals surface area (Å²) in [4.78, 5) is 15.4. The summed E-state index contributed by atoms with van der Waals surface area (Å²) in [5, 5.41) is 15.0. The number of rotatable bonds is 9. The van der Waals surface area contributed by atoms with Gasteiger partial charge in [-0.1, -0.05) is 12.1 Å². The van der Waals surface area contributed by atoms with Crippen molar-refractivity contribution < 1.29 is 23.0 Å². The van der Waals surface area contributed by atoms with Gasteiger partial charge in [-0.05, 0) is 50.9 Å². The van der Waals surface area contributed by atoms with E-state index in [0.29, 0.717) is 46.8 Å². The van der Waals surface area contributed by atoms with Crippen LogP contribution in [0.3, 0.4) is 0 Å². The third kappa shape index (κ3) is 7.98. The zero-order chi connectivity index (χ0) is 25.3. The van der Waals surface area contributed by atoms with Gasteiger partial charge in [0.25, 0.3) is 0 Å². The molecule has 2 fully saturated rings. The summed E-state index contributed by atoms with van der Waals surface area (Å²) in [5.74, 6) is 2.96. The number of ether oxygens (including phenoxy) is 2. The van der Waals surface area contributed by atoms with Gasteiger partial charge in [-0.25, -0.2) is 0 Å². The first-order valence-electron chi connectivity index (χ1n) is 11.5. The number of aromatic nitrogens is 1. The molecule has 0 atom stereocenters. The van der Waals surface area contributed by atoms with Gasteiger partial charge in [0.05, 0.1) is 11.4 Å². The Labute approximate surface area is 208 Å². The van der Waals surface area contributed by atoms with Crippen LogP contribution in [-0.4, -0.2) is 67.4 Å². The number of carbonyl (C=O) groups is 1. The number of halogens is 2. The Morgan fingerprint density at radius 3 is 2.66 bits per heavy atom. The van der Waals surface area contributed by atoms with Crippen LogP contribution in [0.5, 0.6) is 5.75 Å². The fraction of sp³-hybridized carbons (Fsp3) is 0.480. The number of nitrogens with zero attached hydrogens (tertiary/aromatic N) is 1. The van der Waals surface area contributed by atoms with Gasteiger partial charge in [-0.2, -0.15) is 20.5 Å². The molecule has 2 aliphatic heterocycles. The van der Waals surface area contributed by atoms with Crippen molar-refractivity contribution >= 4 is 29.4 Å². The average Bonchev–Trinajstić information content (AvgIpc) is 2.86. The van der Waals surface area contributed by atoms with Crippen LogP contribution in [0.1, 0.15) is 41.4 Å². The van der Waals surface area contributed by atoms with E-state index in [0.717, 1.165) is 26.1 Å². The summed E-state index contributed by atoms with van der Waals surface area (Å²) in [6, 6.07) is 7.57. The monoisotopic (exact) mass is 506 g/mol. The second kappa shape index (κ2) is 12.9. The van der Waals surface area contributed by atoms with E-state index in [4.69, 9.17) is 10.1 Å². The quantitative estimate of drug-likeness (QED) is 0.341. The van der Waals surface area contributed by atoms with Gasteiger partial charge >= 0.3 is 6.61 Å². The van der Waals surface area contributed by atoms with Gasteiger partial charge in [0.1, 0.15) is 11.4 Å². The van der Waals surface area contributed by atoms with Crippen LogP contribution in [0.2, 0.25) is 0 Å². The molecule has 3 heterocycles. The van der Waals surface area contributed by atoms with Gasteiger partial charge in [0, 0.05) is 54.1 Å². The molecule has 1 aromatic carbocycles. The van der Waals surface area contributed by atoms with Crippen LogP contribution in [-0.2, 0) is 4.74 Å². The number of carbonyl (C=O) groups excluding carboxylic acids is 1. The number of pyridine rings is 1. The van der Waals surface area contributed by atoms with Gasteiger partial charge < -0.3 is 20.1 Å². The Kier molecular flexibility index (Phi) is 10.00. The molecule has 0 unspecified atom stereocenters. The van der Waals surface area contributed by atoms with Crippen LogP contribution in [0, 0.1) is 11.3 Å². The minimum Gasteiger partial charge on any atom is -0.435 e. The Balaban J connectivity index is 0.000000420. The lowest BCUT2D eigenvalue weighted by Crippen LogP contribution is -2.51. The van der Waals surface area contributed by atoms with Gasteiger partial charge in [0.2, 0.25) is 0 Å². The van der Waals surface area contributed by atoms with Crippen LogP contribution >= 0.6 is 11.8 Å². The summed E-state index contributed by atoms with van der Waals surface area (Å²) in [7, 11) is 2.03. The fourth-order valence-electron chi connectivity index (χ4n) is 3.60. The molecule has 2 aliphatic rings. The number of nitrogens with one attached hydrogen (secondary N) is 3. The van der Waals surface area contributed by atoms with Gasteiger partial charge in [-0.15, -0.1) is 0 Å². The maximum Gasteiger partial charge on any atom is 0.387 e. The topological polar surface area (TPSA) is 96.3 Å². The number of hydrogen-bond acceptors (Lipinski definition) is 8. The summed E-state index contributed by atoms with van der Waals surface area (Å²) in [6.45, 7) is 1.43. The molecule has 0 bridgehead atoms. The third-order valence-electron chi connectivity index (χ3n) is 6.00. The Hall–Kier alpha value is -2.56. The minimum atomic E-state index is -2.94. The van der Waals surface area contributed by atoms with Crippen molar-refractivity contribution in [2.45, 2.75) is 31.9 Å². The van der Waals surface area contributed by atoms with Crippen molar-refractivity contribution in [2.75, 3.05) is 43.6 Å². The summed E-state index contributed by atoms with van der Waals surface area (Å²) >= 11 is 2.01. The second-order valence-corrected chi connectivity index (χ2v) is 9.79. The highest BCUT2D eigenvalue weighted by atomic mass is 32.2. The molecular formula is C25H32F2N4O3S. The zero-order valence-corrected chi connectivity index (χ0v) is 20.8. The minimum absolute atomic E-state index is 0.0292. The SMILES string of the molecule is CNC1(C)CSC1.N=C(c1cccc(OC(F)F)c1)c1ncc(C=O)cc1NCC1CCOCC1. The van der Waals surface area contributed by atoms with E-state index < -0.39 is 6.61 Å². The average molecular weight is 507 g/mol. The molecule has 7 nitrogen and oxygen atoms in total. The first kappa shape index (κ1) is 27.0. The van der Waals surface area contributed by atoms with E-state index >= 15 is 0 Å². The standard InChI is InChI=1S/C20H21F2N3O3.C5H11NS/c21-20(22)28-16-3-1-2-15(9-16)18(23)19-17(8-14(12-26)11-25-19)24-10-13-4-6-27-7-5-13;1-5(6-2)3-7-4-5/h1-3,8-9,11-13,20,23-24H,4-7,10H2;6H,3-4H2,1-2H3. The highest BCUT2D eigenvalue weighted by molar-refractivity contribution is 8.00. The number of alkyl halides is 2. The van der Waals surface area contributed by atoms with E-state index in [-0.39, 0.29) is 11.5 Å². The largest absolute Gasteiger partial charge is 0.435 e. The van der Waals surface area contributed by atoms with E-state index in [1.165, 1.54) is 35.9 Å². The first-order valence-corrected chi connectivity index (χ1v) is 12.7. The maximum absolute atomic E-state index is 12.5. The van der Waals surface area contributed by atoms with Crippen molar-refractivity contribution in [3.8, 4) is 5.75 Å². The molecule has 0 saturated carbocycles. The van der Waals surface area contributed by atoms with Crippen molar-refractivity contribution in [2.24, 2.45) is 5.92 Å². The number of aldehydes is 1. The van der Waals surface area contributed by atoms with Crippen molar-refractivity contribution in [1.29, 1.82) is 5.41 Å². The Morgan fingerprint density at radius 1 is 1.34 bits per heavy atom. The maximum atomic E-state index is 12.5. The summed E-state index contributed by atoms with van der Waals surface area (Å²) < 4.78 is 34.7. The zero-order valence-electron chi connectivity index (χ0n) is 20.0. The Morgan fingerprint density at radius 2 is 2.09 bits per heavy atom. The van der Waals surface area contributed by atoms with E-state index in [1.54, 1.807) is 12.1 Å². The molecule has 0 aliphatic carbocycles. The molecular weight excluding hydrogens is 474 g/mol. The van der Waals surface area contributed by atoms with Crippen LogP contribution in [0.4, 0.5) is 14.5 Å². The lowest BCUT2D eigenvalue weighted by molar-refractivity contribution is -0.0498. The first-order chi connectivity index (χ1) is 16.8. The smallest absolute Gasteiger partial charge is 0.387 e. The summed E-state index contributed by atoms with van der Waals surface area (Å²) in [6.07, 6.45) is 3.95. The van der Waals surface area contributed by atoms with E-state index in [2.05, 4.69) is 27.3 Å². The third-order valence-corrected chi connectivity index (χ3v) is 7.68. The van der Waals surface area contributed by atoms with Crippen LogP contribution in [0.25, 0.3) is 0 Å². The molecule has 0 spiro atoms. The lowest BCUT2D eigenvalue weighted by Gasteiger charge is -2.37. The molecule has 3 N–H and O–H groups in total. The number of anilines is 1. The van der Waals surface area contributed by atoms with Crippen LogP contribution < -0.4 is 15.4 Å². The Bertz CT molecular complexity index is 993. The molecule has 2 aromatic rings. The van der Waals surface area contributed by atoms with E-state index in [9.17, 15) is 13.6 Å². The molecule has 190 valence electrons. The molecule has 1 aromatic heterocycles. The van der Waals surface area contributed by atoms with Gasteiger partial charge in [0.15, 0.2) is 6.29 Å². The lowest BCUT2D eigenvalue weighted by atomic mass is 9.99. The number of hydrogen-bond donors (Lipinski definition) is 3. The predicted octanol–water partition coefficient (Wildman–Crippen LogP) is 4.46. The second-order valence-electron chi connectivity index (χ2n) is 8.80.